The molecular weight excluding hydrogens is 261 g/mol. The number of nitrogens with two attached hydrogens (primary N) is 1. The van der Waals surface area contributed by atoms with Gasteiger partial charge in [-0.05, 0) is 24.6 Å². The number of hydrogen-bond acceptors (Lipinski definition) is 4. The summed E-state index contributed by atoms with van der Waals surface area (Å²) in [6, 6.07) is 4.19. The van der Waals surface area contributed by atoms with Crippen molar-refractivity contribution < 1.29 is 9.18 Å². The van der Waals surface area contributed by atoms with Crippen LogP contribution in [0.3, 0.4) is 0 Å². The number of amides is 1. The summed E-state index contributed by atoms with van der Waals surface area (Å²) >= 11 is 0. The molecule has 1 unspecified atom stereocenters. The Hall–Kier alpha value is -2.28. The highest BCUT2D eigenvalue weighted by Gasteiger charge is 2.10. The van der Waals surface area contributed by atoms with Gasteiger partial charge in [-0.2, -0.15) is 5.10 Å². The summed E-state index contributed by atoms with van der Waals surface area (Å²) < 4.78 is 15.2. The molecule has 106 valence electrons. The van der Waals surface area contributed by atoms with Crippen molar-refractivity contribution in [3.63, 3.8) is 0 Å². The fourth-order valence-corrected chi connectivity index (χ4v) is 1.70. The molecule has 3 N–H and O–H groups in total. The highest BCUT2D eigenvalue weighted by molar-refractivity contribution is 5.91. The molecule has 0 saturated heterocycles. The zero-order chi connectivity index (χ0) is 14.5. The highest BCUT2D eigenvalue weighted by Crippen LogP contribution is 2.17. The van der Waals surface area contributed by atoms with E-state index in [1.807, 2.05) is 6.92 Å². The van der Waals surface area contributed by atoms with E-state index in [1.54, 1.807) is 6.07 Å². The predicted molar refractivity (Wildman–Crippen MR) is 72.8 cm³/mol. The molecule has 0 aliphatic carbocycles. The van der Waals surface area contributed by atoms with Gasteiger partial charge in [0.15, 0.2) is 5.82 Å². The second-order valence-electron chi connectivity index (χ2n) is 4.43. The van der Waals surface area contributed by atoms with Crippen molar-refractivity contribution in [1.29, 1.82) is 0 Å². The van der Waals surface area contributed by atoms with Gasteiger partial charge in [-0.3, -0.25) is 4.79 Å². The maximum absolute atomic E-state index is 13.9. The smallest absolute Gasteiger partial charge is 0.225 e. The van der Waals surface area contributed by atoms with Gasteiger partial charge in [-0.25, -0.2) is 14.1 Å². The van der Waals surface area contributed by atoms with Crippen molar-refractivity contribution in [2.24, 2.45) is 5.73 Å². The van der Waals surface area contributed by atoms with E-state index in [1.165, 1.54) is 29.5 Å². The lowest BCUT2D eigenvalue weighted by Crippen LogP contribution is -2.26. The van der Waals surface area contributed by atoms with Crippen molar-refractivity contribution >= 4 is 11.6 Å². The molecule has 1 aromatic carbocycles. The number of carbonyl (C=O) groups excluding carboxylic acids is 1. The normalized spacial score (nSPS) is 12.2. The fourth-order valence-electron chi connectivity index (χ4n) is 1.70. The van der Waals surface area contributed by atoms with E-state index in [4.69, 9.17) is 5.73 Å². The summed E-state index contributed by atoms with van der Waals surface area (Å²) in [7, 11) is 0. The van der Waals surface area contributed by atoms with E-state index in [9.17, 15) is 9.18 Å². The Balaban J connectivity index is 2.08. The first-order chi connectivity index (χ1) is 9.60. The van der Waals surface area contributed by atoms with E-state index >= 15 is 0 Å². The maximum atomic E-state index is 13.9. The third kappa shape index (κ3) is 3.39. The first-order valence-electron chi connectivity index (χ1n) is 6.30. The quantitative estimate of drug-likeness (QED) is 0.866. The molecule has 6 nitrogen and oxygen atoms in total. The Morgan fingerprint density at radius 3 is 2.95 bits per heavy atom. The molecule has 20 heavy (non-hydrogen) atoms. The molecule has 1 aromatic heterocycles. The standard InChI is InChI=1S/C13H16FN5O/c1-2-9(15)5-13(20)18-10-3-4-12(11(14)6-10)19-8-16-7-17-19/h3-4,6-9H,2,5,15H2,1H3,(H,18,20). The van der Waals surface area contributed by atoms with Crippen LogP contribution in [0.1, 0.15) is 19.8 Å². The number of rotatable bonds is 5. The molecule has 0 aliphatic rings. The molecule has 1 amide bonds. The van der Waals surface area contributed by atoms with Gasteiger partial charge in [0, 0.05) is 18.2 Å². The lowest BCUT2D eigenvalue weighted by atomic mass is 10.1. The first kappa shape index (κ1) is 14.1. The van der Waals surface area contributed by atoms with Crippen molar-refractivity contribution in [3.8, 4) is 5.69 Å². The van der Waals surface area contributed by atoms with E-state index < -0.39 is 5.82 Å². The summed E-state index contributed by atoms with van der Waals surface area (Å²) in [6.07, 6.45) is 3.65. The van der Waals surface area contributed by atoms with Crippen LogP contribution in [0.4, 0.5) is 10.1 Å². The van der Waals surface area contributed by atoms with Crippen LogP contribution in [0.5, 0.6) is 0 Å². The molecule has 2 aromatic rings. The third-order valence-corrected chi connectivity index (χ3v) is 2.87. The number of benzene rings is 1. The SMILES string of the molecule is CCC(N)CC(=O)Nc1ccc(-n2cncn2)c(F)c1. The van der Waals surface area contributed by atoms with Crippen LogP contribution < -0.4 is 11.1 Å². The van der Waals surface area contributed by atoms with Crippen LogP contribution in [0.2, 0.25) is 0 Å². The maximum Gasteiger partial charge on any atom is 0.225 e. The van der Waals surface area contributed by atoms with Gasteiger partial charge in [0.1, 0.15) is 18.3 Å². The second-order valence-corrected chi connectivity index (χ2v) is 4.43. The topological polar surface area (TPSA) is 85.8 Å². The Bertz CT molecular complexity index is 584. The highest BCUT2D eigenvalue weighted by atomic mass is 19.1. The second kappa shape index (κ2) is 6.25. The van der Waals surface area contributed by atoms with Crippen LogP contribution in [0, 0.1) is 5.82 Å². The summed E-state index contributed by atoms with van der Waals surface area (Å²) in [5.41, 5.74) is 6.35. The fraction of sp³-hybridized carbons (Fsp3) is 0.308. The number of aromatic nitrogens is 3. The number of anilines is 1. The molecule has 1 heterocycles. The van der Waals surface area contributed by atoms with Gasteiger partial charge < -0.3 is 11.1 Å². The average Bonchev–Trinajstić information content (AvgIpc) is 2.92. The third-order valence-electron chi connectivity index (χ3n) is 2.87. The summed E-state index contributed by atoms with van der Waals surface area (Å²) in [4.78, 5) is 15.4. The lowest BCUT2D eigenvalue weighted by molar-refractivity contribution is -0.116. The Morgan fingerprint density at radius 2 is 2.35 bits per heavy atom. The number of hydrogen-bond donors (Lipinski definition) is 2. The molecule has 0 saturated carbocycles. The summed E-state index contributed by atoms with van der Waals surface area (Å²) in [5.74, 6) is -0.722. The minimum Gasteiger partial charge on any atom is -0.327 e. The van der Waals surface area contributed by atoms with Crippen molar-refractivity contribution in [3.05, 3.63) is 36.7 Å². The number of nitrogens with one attached hydrogen (secondary N) is 1. The van der Waals surface area contributed by atoms with Gasteiger partial charge in [-0.1, -0.05) is 6.92 Å². The molecule has 0 fully saturated rings. The number of carbonyl (C=O) groups is 1. The van der Waals surface area contributed by atoms with Crippen molar-refractivity contribution in [1.82, 2.24) is 14.8 Å². The molecule has 7 heteroatoms. The Morgan fingerprint density at radius 1 is 1.55 bits per heavy atom. The minimum absolute atomic E-state index is 0.186. The van der Waals surface area contributed by atoms with Gasteiger partial charge in [-0.15, -0.1) is 0 Å². The first-order valence-corrected chi connectivity index (χ1v) is 6.30. The molecule has 2 rings (SSSR count). The van der Waals surface area contributed by atoms with Crippen molar-refractivity contribution in [2.45, 2.75) is 25.8 Å². The van der Waals surface area contributed by atoms with Gasteiger partial charge in [0.05, 0.1) is 0 Å². The monoisotopic (exact) mass is 277 g/mol. The predicted octanol–water partition coefficient (Wildman–Crippen LogP) is 1.47. The van der Waals surface area contributed by atoms with Crippen LogP contribution in [-0.4, -0.2) is 26.7 Å². The Kier molecular flexibility index (Phi) is 4.41. The van der Waals surface area contributed by atoms with Gasteiger partial charge >= 0.3 is 0 Å². The summed E-state index contributed by atoms with van der Waals surface area (Å²) in [5, 5.41) is 6.47. The molecule has 0 radical (unpaired) electrons. The van der Waals surface area contributed by atoms with E-state index in [2.05, 4.69) is 15.4 Å². The minimum atomic E-state index is -0.493. The van der Waals surface area contributed by atoms with Gasteiger partial charge in [0.25, 0.3) is 0 Å². The number of nitrogens with zero attached hydrogens (tertiary/aromatic N) is 3. The lowest BCUT2D eigenvalue weighted by Gasteiger charge is -2.10. The Labute approximate surface area is 115 Å². The van der Waals surface area contributed by atoms with E-state index in [-0.39, 0.29) is 24.1 Å². The molecule has 0 spiro atoms. The molecule has 0 aliphatic heterocycles. The molecular formula is C13H16FN5O. The number of halogens is 1. The average molecular weight is 277 g/mol. The van der Waals surface area contributed by atoms with Crippen LogP contribution in [0.25, 0.3) is 5.69 Å². The van der Waals surface area contributed by atoms with Crippen LogP contribution in [-0.2, 0) is 4.79 Å². The van der Waals surface area contributed by atoms with Crippen LogP contribution in [0.15, 0.2) is 30.9 Å². The van der Waals surface area contributed by atoms with Crippen LogP contribution >= 0.6 is 0 Å². The van der Waals surface area contributed by atoms with Crippen molar-refractivity contribution in [2.75, 3.05) is 5.32 Å². The van der Waals surface area contributed by atoms with E-state index in [0.29, 0.717) is 12.1 Å². The largest absolute Gasteiger partial charge is 0.327 e. The molecule has 0 bridgehead atoms. The zero-order valence-electron chi connectivity index (χ0n) is 11.1. The molecule has 1 atom stereocenters. The summed E-state index contributed by atoms with van der Waals surface area (Å²) in [6.45, 7) is 1.91. The van der Waals surface area contributed by atoms with Gasteiger partial charge in [0.2, 0.25) is 5.91 Å². The zero-order valence-corrected chi connectivity index (χ0v) is 11.1. The van der Waals surface area contributed by atoms with E-state index in [0.717, 1.165) is 0 Å².